The molecule has 0 radical (unpaired) electrons. The lowest BCUT2D eigenvalue weighted by molar-refractivity contribution is -0.147. The van der Waals surface area contributed by atoms with Crippen LogP contribution >= 0.6 is 22.7 Å². The normalized spacial score (nSPS) is 20.4. The van der Waals surface area contributed by atoms with Crippen LogP contribution in [0.15, 0.2) is 181 Å². The SMILES string of the molecule is CC(C)[C@@H](C(=O)N1C[C@H](O)C[C@H]1C(=O)CCc1ccc(C2=CCCC2)cc1)N1Cc2ccccc2C1=O.CC[C@H](NC(C)=O)C(=O)N1C[C@H](O)C[C@H]1C(=O)CCc1ccc(-c2scnc2C)cc1.COC1=CC(=O)N([C@H](C(=O)N2C[C@H](O)C[C@H]2C(=O)CCc2ccc(-c3scnc3C)cc2)C(C)C)C1.Cc1c(-c2ccc(CCC(=O)[C@@H]3C[C@@H](O)CN3C(=O)[C@H](C(C)C)N3Cc4ccccc4C3=O)cc2)ncn1C. The maximum absolute atomic E-state index is 13.9. The molecule has 6 aromatic carbocycles. The highest BCUT2D eigenvalue weighted by atomic mass is 32.1. The van der Waals surface area contributed by atoms with E-state index in [-0.39, 0.29) is 166 Å². The van der Waals surface area contributed by atoms with E-state index in [9.17, 15) is 78.0 Å². The van der Waals surface area contributed by atoms with E-state index in [1.807, 2.05) is 194 Å². The number of imidazole rings is 1. The fourth-order valence-corrected chi connectivity index (χ4v) is 22.5. The number of methoxy groups -OCH3 is 1. The number of aliphatic hydroxyl groups excluding tert-OH is 4. The molecular weight excluding hydrogens is 1850 g/mol. The van der Waals surface area contributed by atoms with Crippen LogP contribution in [0.2, 0.25) is 0 Å². The highest BCUT2D eigenvalue weighted by Crippen LogP contribution is 2.38. The number of thiazole rings is 2. The first-order valence-electron chi connectivity index (χ1n) is 50.0. The van der Waals surface area contributed by atoms with Gasteiger partial charge in [0.1, 0.15) is 29.9 Å². The van der Waals surface area contributed by atoms with Gasteiger partial charge in [-0.1, -0.05) is 188 Å². The smallest absolute Gasteiger partial charge is 0.255 e. The molecule has 5 N–H and O–H groups in total. The number of aryl methyl sites for hydroxylation is 7. The Morgan fingerprint density at radius 2 is 0.818 bits per heavy atom. The molecular formula is C112H134N12O17S2. The number of rotatable bonds is 33. The third-order valence-electron chi connectivity index (χ3n) is 28.7. The van der Waals surface area contributed by atoms with Crippen molar-refractivity contribution >= 4 is 98.6 Å². The second kappa shape index (κ2) is 47.7. The van der Waals surface area contributed by atoms with E-state index >= 15 is 0 Å². The maximum atomic E-state index is 13.9. The number of amides is 8. The van der Waals surface area contributed by atoms with Gasteiger partial charge in [-0.3, -0.25) is 57.5 Å². The molecule has 8 amide bonds. The Kier molecular flexibility index (Phi) is 35.4. The van der Waals surface area contributed by atoms with E-state index in [2.05, 4.69) is 50.6 Å². The molecule has 4 saturated heterocycles. The number of ketones is 4. The number of carbonyl (C=O) groups excluding carboxylic acids is 12. The molecule has 4 fully saturated rings. The number of fused-ring (bicyclic) bond motifs is 2. The summed E-state index contributed by atoms with van der Waals surface area (Å²) in [6, 6.07) is 42.0. The van der Waals surface area contributed by atoms with E-state index in [0.29, 0.717) is 68.5 Å². The summed E-state index contributed by atoms with van der Waals surface area (Å²) < 4.78 is 7.19. The Hall–Kier alpha value is -12.7. The topological polar surface area (TPSA) is 373 Å². The summed E-state index contributed by atoms with van der Waals surface area (Å²) in [5.41, 5.74) is 20.8. The number of carbonyl (C=O) groups is 12. The number of nitrogens with zero attached hydrogens (tertiary/aromatic N) is 11. The quantitative estimate of drug-likeness (QED) is 0.0255. The van der Waals surface area contributed by atoms with Gasteiger partial charge in [-0.2, -0.15) is 0 Å². The summed E-state index contributed by atoms with van der Waals surface area (Å²) in [6.07, 6.45) is 10.7. The summed E-state index contributed by atoms with van der Waals surface area (Å²) in [5, 5.41) is 44.0. The van der Waals surface area contributed by atoms with Crippen molar-refractivity contribution < 1.29 is 82.7 Å². The van der Waals surface area contributed by atoms with Crippen LogP contribution < -0.4 is 5.32 Å². The van der Waals surface area contributed by atoms with Gasteiger partial charge in [0.25, 0.3) is 17.7 Å². The van der Waals surface area contributed by atoms with Crippen molar-refractivity contribution in [2.24, 2.45) is 24.8 Å². The number of likely N-dealkylation sites (tertiary alicyclic amines) is 4. The summed E-state index contributed by atoms with van der Waals surface area (Å²) in [4.78, 5) is 183. The van der Waals surface area contributed by atoms with E-state index in [0.717, 1.165) is 95.4 Å². The Morgan fingerprint density at radius 3 is 1.13 bits per heavy atom. The predicted octanol–water partition coefficient (Wildman–Crippen LogP) is 13.4. The first-order valence-corrected chi connectivity index (χ1v) is 51.7. The Balaban J connectivity index is 0.000000152. The molecule has 8 aliphatic rings. The van der Waals surface area contributed by atoms with Crippen LogP contribution in [0.5, 0.6) is 0 Å². The van der Waals surface area contributed by atoms with Gasteiger partial charge in [-0.15, -0.1) is 22.7 Å². The van der Waals surface area contributed by atoms with Crippen LogP contribution in [0.1, 0.15) is 209 Å². The Morgan fingerprint density at radius 1 is 0.462 bits per heavy atom. The van der Waals surface area contributed by atoms with Crippen molar-refractivity contribution in [1.29, 1.82) is 0 Å². The van der Waals surface area contributed by atoms with Crippen LogP contribution in [0.3, 0.4) is 0 Å². The highest BCUT2D eigenvalue weighted by molar-refractivity contribution is 7.13. The molecule has 29 nitrogen and oxygen atoms in total. The fraction of sp³-hybridized carbons (Fsp3) is 0.455. The van der Waals surface area contributed by atoms with Gasteiger partial charge in [0, 0.05) is 133 Å². The third kappa shape index (κ3) is 25.1. The first-order chi connectivity index (χ1) is 68.5. The van der Waals surface area contributed by atoms with Crippen LogP contribution in [0, 0.1) is 38.5 Å². The molecule has 1 aliphatic carbocycles. The van der Waals surface area contributed by atoms with Crippen LogP contribution in [-0.2, 0) is 98.5 Å². The second-order valence-corrected chi connectivity index (χ2v) is 41.6. The van der Waals surface area contributed by atoms with Crippen molar-refractivity contribution in [3.63, 3.8) is 0 Å². The lowest BCUT2D eigenvalue weighted by Crippen LogP contribution is -2.54. The molecule has 0 saturated carbocycles. The number of β-amino-alcohol motifs (C(OH)–C–C–N with tert-alkyl or cyclic N) is 4. The lowest BCUT2D eigenvalue weighted by Gasteiger charge is -2.35. The molecule has 756 valence electrons. The van der Waals surface area contributed by atoms with Crippen molar-refractivity contribution in [3.05, 3.63) is 248 Å². The van der Waals surface area contributed by atoms with Crippen LogP contribution in [-0.4, -0.2) is 257 Å². The van der Waals surface area contributed by atoms with Gasteiger partial charge >= 0.3 is 0 Å². The van der Waals surface area contributed by atoms with Gasteiger partial charge in [0.05, 0.1) is 106 Å². The molecule has 31 heteroatoms. The average molecular weight is 1980 g/mol. The minimum atomic E-state index is -0.764. The lowest BCUT2D eigenvalue weighted by atomic mass is 9.97. The monoisotopic (exact) mass is 1980 g/mol. The summed E-state index contributed by atoms with van der Waals surface area (Å²) >= 11 is 3.20. The number of aliphatic hydroxyl groups is 4. The first kappa shape index (κ1) is 106. The number of nitrogens with one attached hydrogen (secondary N) is 1. The van der Waals surface area contributed by atoms with Gasteiger partial charge in [0.15, 0.2) is 23.1 Å². The number of Topliss-reactive ketones (excluding diaryl/α,β-unsaturated/α-hetero) is 4. The molecule has 3 aromatic heterocycles. The van der Waals surface area contributed by atoms with E-state index in [1.54, 1.807) is 57.9 Å². The predicted molar refractivity (Wildman–Crippen MR) is 547 cm³/mol. The van der Waals surface area contributed by atoms with Crippen LogP contribution in [0.4, 0.5) is 0 Å². The molecule has 0 bridgehead atoms. The van der Waals surface area contributed by atoms with E-state index < -0.39 is 72.8 Å². The van der Waals surface area contributed by atoms with Gasteiger partial charge in [-0.25, -0.2) is 15.0 Å². The number of ether oxygens (including phenoxy) is 1. The third-order valence-corrected chi connectivity index (χ3v) is 30.7. The zero-order valence-electron chi connectivity index (χ0n) is 84.0. The molecule has 0 unspecified atom stereocenters. The summed E-state index contributed by atoms with van der Waals surface area (Å²) in [6.45, 7) is 22.0. The highest BCUT2D eigenvalue weighted by Gasteiger charge is 2.50. The fourth-order valence-electron chi connectivity index (χ4n) is 20.9. The molecule has 0 spiro atoms. The second-order valence-electron chi connectivity index (χ2n) is 39.9. The Bertz CT molecular complexity index is 6180. The van der Waals surface area contributed by atoms with Crippen molar-refractivity contribution in [2.45, 2.75) is 265 Å². The molecule has 12 atom stereocenters. The van der Waals surface area contributed by atoms with E-state index in [1.165, 1.54) is 62.2 Å². The van der Waals surface area contributed by atoms with Crippen molar-refractivity contribution in [2.75, 3.05) is 39.8 Å². The summed E-state index contributed by atoms with van der Waals surface area (Å²) in [5.74, 6) is -2.20. The van der Waals surface area contributed by atoms with Crippen molar-refractivity contribution in [1.82, 2.24) is 59.1 Å². The number of benzene rings is 6. The standard InChI is InChI=1S/C31H36N4O4.C31H36N2O4.C27H33N3O5S.C23H29N3O4S/c1-19(2)29(35-16-23-7-5-6-8-25(23)30(35)38)31(39)34-17-24(36)15-26(34)27(37)14-11-21-9-12-22(13-10-21)28-20(3)33(4)18-32-28;1-20(2)29(33-18-24-9-5-6-10-26(24)30(33)36)31(37)32-19-25(34)17-27(32)28(35)16-13-21-11-14-23(15-12-21)22-7-3-4-8-22;1-16(2)25(30-14-21(35-4)12-24(30)33)27(34)29-13-20(31)11-22(29)23(32)10-7-18-5-8-19(9-6-18)26-17(3)28-15-36-26;1-4-19(25-15(3)27)23(30)26-12-18(28)11-20(26)21(29)10-7-16-5-8-17(9-6-16)22-14(2)24-13-31-22/h5-10,12-13,18-19,24,26,29,36H,11,14-17H2,1-4H3;5-7,9-12,14-15,20,25,27,29,34H,3-4,8,13,16-19H2,1-2H3;5-6,8-9,12,15-16,20,22,25,31H,7,10-11,13-14H2,1-4H3;5-6,8-9,13,18-20,28H,4,7,10-12H2,1-3H3,(H,25,27)/t24-,26+,29+;25-,27+,29+;20-,22+,25+;18-,19+,20+/m1111/s1. The summed E-state index contributed by atoms with van der Waals surface area (Å²) in [7, 11) is 3.46. The van der Waals surface area contributed by atoms with Crippen molar-refractivity contribution in [3.8, 4) is 32.1 Å². The zero-order valence-corrected chi connectivity index (χ0v) is 85.6. The minimum absolute atomic E-state index is 0.0361. The number of hydrogen-bond donors (Lipinski definition) is 5. The zero-order chi connectivity index (χ0) is 102. The molecule has 7 aliphatic heterocycles. The van der Waals surface area contributed by atoms with Crippen LogP contribution in [0.25, 0.3) is 37.7 Å². The molecule has 10 heterocycles. The maximum Gasteiger partial charge on any atom is 0.255 e. The van der Waals surface area contributed by atoms with E-state index in [4.69, 9.17) is 4.74 Å². The van der Waals surface area contributed by atoms with Gasteiger partial charge < -0.3 is 69.3 Å². The minimum Gasteiger partial charge on any atom is -0.499 e. The number of aromatic nitrogens is 4. The Labute approximate surface area is 844 Å². The number of hydrogen-bond acceptors (Lipinski definition) is 22. The number of allylic oxidation sites excluding steroid dienone is 2. The largest absolute Gasteiger partial charge is 0.499 e. The molecule has 17 rings (SSSR count). The van der Waals surface area contributed by atoms with Gasteiger partial charge in [0.2, 0.25) is 29.5 Å². The van der Waals surface area contributed by atoms with Gasteiger partial charge in [-0.05, 0) is 158 Å². The average Bonchev–Trinajstić information content (AvgIpc) is 1.62. The molecule has 9 aromatic rings. The molecule has 143 heavy (non-hydrogen) atoms.